The highest BCUT2D eigenvalue weighted by atomic mass is 35.5. The van der Waals surface area contributed by atoms with E-state index in [1.54, 1.807) is 31.2 Å². The Morgan fingerprint density at radius 2 is 1.95 bits per heavy atom. The zero-order chi connectivity index (χ0) is 15.0. The van der Waals surface area contributed by atoms with Gasteiger partial charge < -0.3 is 11.1 Å². The van der Waals surface area contributed by atoms with Gasteiger partial charge in [-0.15, -0.1) is 0 Å². The molecule has 1 amide bonds. The van der Waals surface area contributed by atoms with Gasteiger partial charge in [-0.05, 0) is 31.2 Å². The molecule has 3 N–H and O–H groups in total. The van der Waals surface area contributed by atoms with Gasteiger partial charge in [-0.25, -0.2) is 0 Å². The summed E-state index contributed by atoms with van der Waals surface area (Å²) in [7, 11) is 0. The Hall–Kier alpha value is -2.33. The highest BCUT2D eigenvalue weighted by Crippen LogP contribution is 2.28. The van der Waals surface area contributed by atoms with Gasteiger partial charge in [0.25, 0.3) is 0 Å². The summed E-state index contributed by atoms with van der Waals surface area (Å²) in [6.07, 6.45) is 0. The van der Waals surface area contributed by atoms with Crippen molar-refractivity contribution in [2.45, 2.75) is 13.0 Å². The van der Waals surface area contributed by atoms with E-state index in [-0.39, 0.29) is 5.91 Å². The first kappa shape index (κ1) is 13.6. The predicted molar refractivity (Wildman–Crippen MR) is 86.0 cm³/mol. The molecule has 0 aromatic heterocycles. The highest BCUT2D eigenvalue weighted by Gasteiger charge is 2.23. The van der Waals surface area contributed by atoms with Crippen LogP contribution in [0.5, 0.6) is 0 Å². The summed E-state index contributed by atoms with van der Waals surface area (Å²) >= 11 is 6.28. The number of hydrogen-bond donors (Lipinski definition) is 2. The summed E-state index contributed by atoms with van der Waals surface area (Å²) in [5, 5.41) is 3.46. The van der Waals surface area contributed by atoms with E-state index >= 15 is 0 Å². The number of benzene rings is 2. The molecule has 106 valence electrons. The summed E-state index contributed by atoms with van der Waals surface area (Å²) in [5.74, 6) is -0.150. The monoisotopic (exact) mass is 299 g/mol. The van der Waals surface area contributed by atoms with Crippen LogP contribution in [0, 0.1) is 0 Å². The number of aliphatic imine (C=N–C) groups is 1. The van der Waals surface area contributed by atoms with Crippen LogP contribution in [-0.4, -0.2) is 17.7 Å². The Balaban J connectivity index is 2.27. The van der Waals surface area contributed by atoms with Gasteiger partial charge in [0.15, 0.2) is 0 Å². The summed E-state index contributed by atoms with van der Waals surface area (Å²) in [4.78, 5) is 16.6. The number of nitrogen functional groups attached to an aromatic ring is 1. The molecule has 2 aromatic carbocycles. The van der Waals surface area contributed by atoms with E-state index in [0.717, 1.165) is 11.1 Å². The number of nitrogens with two attached hydrogens (primary N) is 1. The van der Waals surface area contributed by atoms with Crippen molar-refractivity contribution in [3.05, 3.63) is 58.6 Å². The van der Waals surface area contributed by atoms with Crippen LogP contribution in [0.1, 0.15) is 18.1 Å². The first-order valence-corrected chi connectivity index (χ1v) is 6.97. The molecular weight excluding hydrogens is 286 g/mol. The molecular formula is C16H14ClN3O. The van der Waals surface area contributed by atoms with Crippen molar-refractivity contribution >= 4 is 34.6 Å². The number of nitrogens with one attached hydrogen (secondary N) is 1. The number of carbonyl (C=O) groups excluding carboxylic acids is 1. The summed E-state index contributed by atoms with van der Waals surface area (Å²) in [6.45, 7) is 1.75. The quantitative estimate of drug-likeness (QED) is 0.795. The normalized spacial score (nSPS) is 17.5. The molecule has 1 aliphatic rings. The summed E-state index contributed by atoms with van der Waals surface area (Å²) in [5.41, 5.74) is 9.42. The van der Waals surface area contributed by atoms with Gasteiger partial charge in [0.2, 0.25) is 5.91 Å². The zero-order valence-corrected chi connectivity index (χ0v) is 12.2. The van der Waals surface area contributed by atoms with Crippen LogP contribution in [0.15, 0.2) is 47.5 Å². The van der Waals surface area contributed by atoms with Gasteiger partial charge >= 0.3 is 0 Å². The number of fused-ring (bicyclic) bond motifs is 1. The Labute approximate surface area is 127 Å². The van der Waals surface area contributed by atoms with Gasteiger partial charge in [0, 0.05) is 21.8 Å². The minimum atomic E-state index is -0.495. The number of rotatable bonds is 1. The molecule has 1 heterocycles. The smallest absolute Gasteiger partial charge is 0.248 e. The molecule has 0 spiro atoms. The lowest BCUT2D eigenvalue weighted by Gasteiger charge is -2.11. The molecule has 1 unspecified atom stereocenters. The number of amides is 1. The van der Waals surface area contributed by atoms with E-state index in [2.05, 4.69) is 10.3 Å². The third-order valence-electron chi connectivity index (χ3n) is 3.39. The van der Waals surface area contributed by atoms with Crippen molar-refractivity contribution in [1.82, 2.24) is 0 Å². The maximum absolute atomic E-state index is 12.0. The second kappa shape index (κ2) is 5.22. The Bertz CT molecular complexity index is 755. The Morgan fingerprint density at radius 1 is 1.19 bits per heavy atom. The molecule has 2 aromatic rings. The number of hydrogen-bond acceptors (Lipinski definition) is 3. The standard InChI is InChI=1S/C16H14ClN3O/c1-9-16(21)20-14-7-6-10(18)8-12(14)15(19-9)11-4-2-3-5-13(11)17/h2-9H,18H2,1H3,(H,20,21). The molecule has 0 saturated carbocycles. The van der Waals surface area contributed by atoms with Crippen LogP contribution in [0.25, 0.3) is 0 Å². The predicted octanol–water partition coefficient (Wildman–Crippen LogP) is 3.10. The van der Waals surface area contributed by atoms with Gasteiger partial charge in [-0.2, -0.15) is 0 Å². The van der Waals surface area contributed by atoms with Crippen LogP contribution in [0.4, 0.5) is 11.4 Å². The molecule has 0 fully saturated rings. The Morgan fingerprint density at radius 3 is 2.71 bits per heavy atom. The van der Waals surface area contributed by atoms with Gasteiger partial charge in [-0.1, -0.05) is 29.8 Å². The van der Waals surface area contributed by atoms with E-state index < -0.39 is 6.04 Å². The molecule has 0 radical (unpaired) electrons. The second-order valence-corrected chi connectivity index (χ2v) is 5.33. The van der Waals surface area contributed by atoms with Crippen molar-refractivity contribution < 1.29 is 4.79 Å². The van der Waals surface area contributed by atoms with Crippen molar-refractivity contribution in [1.29, 1.82) is 0 Å². The van der Waals surface area contributed by atoms with E-state index in [1.165, 1.54) is 0 Å². The van der Waals surface area contributed by atoms with Gasteiger partial charge in [0.05, 0.1) is 11.4 Å². The van der Waals surface area contributed by atoms with Crippen LogP contribution >= 0.6 is 11.6 Å². The van der Waals surface area contributed by atoms with Crippen LogP contribution in [0.2, 0.25) is 5.02 Å². The summed E-state index contributed by atoms with van der Waals surface area (Å²) < 4.78 is 0. The maximum Gasteiger partial charge on any atom is 0.248 e. The number of anilines is 2. The lowest BCUT2D eigenvalue weighted by molar-refractivity contribution is -0.116. The number of nitrogens with zero attached hydrogens (tertiary/aromatic N) is 1. The van der Waals surface area contributed by atoms with E-state index in [0.29, 0.717) is 22.1 Å². The second-order valence-electron chi connectivity index (χ2n) is 4.93. The topological polar surface area (TPSA) is 67.5 Å². The highest BCUT2D eigenvalue weighted by molar-refractivity contribution is 6.36. The van der Waals surface area contributed by atoms with Crippen molar-refractivity contribution in [3.8, 4) is 0 Å². The average molecular weight is 300 g/mol. The minimum Gasteiger partial charge on any atom is -0.399 e. The zero-order valence-electron chi connectivity index (χ0n) is 11.4. The first-order chi connectivity index (χ1) is 10.1. The van der Waals surface area contributed by atoms with E-state index in [9.17, 15) is 4.79 Å². The first-order valence-electron chi connectivity index (χ1n) is 6.59. The number of benzodiazepines with no additional fused rings is 1. The van der Waals surface area contributed by atoms with Crippen molar-refractivity contribution in [2.75, 3.05) is 11.1 Å². The SMILES string of the molecule is CC1N=C(c2ccccc2Cl)c2cc(N)ccc2NC1=O. The molecule has 4 nitrogen and oxygen atoms in total. The van der Waals surface area contributed by atoms with Crippen LogP contribution in [-0.2, 0) is 4.79 Å². The van der Waals surface area contributed by atoms with Crippen molar-refractivity contribution in [2.24, 2.45) is 4.99 Å². The fourth-order valence-corrected chi connectivity index (χ4v) is 2.52. The lowest BCUT2D eigenvalue weighted by atomic mass is 10.00. The van der Waals surface area contributed by atoms with E-state index in [1.807, 2.05) is 18.2 Å². The third-order valence-corrected chi connectivity index (χ3v) is 3.72. The number of halogens is 1. The van der Waals surface area contributed by atoms with Crippen LogP contribution < -0.4 is 11.1 Å². The molecule has 1 aliphatic heterocycles. The average Bonchev–Trinajstić information content (AvgIpc) is 2.58. The third kappa shape index (κ3) is 2.50. The molecule has 0 aliphatic carbocycles. The largest absolute Gasteiger partial charge is 0.399 e. The fraction of sp³-hybridized carbons (Fsp3) is 0.125. The maximum atomic E-state index is 12.0. The van der Waals surface area contributed by atoms with Crippen LogP contribution in [0.3, 0.4) is 0 Å². The molecule has 0 bridgehead atoms. The fourth-order valence-electron chi connectivity index (χ4n) is 2.29. The molecule has 1 atom stereocenters. The Kier molecular flexibility index (Phi) is 3.39. The lowest BCUT2D eigenvalue weighted by Crippen LogP contribution is -2.22. The van der Waals surface area contributed by atoms with Gasteiger partial charge in [-0.3, -0.25) is 9.79 Å². The van der Waals surface area contributed by atoms with Crippen molar-refractivity contribution in [3.63, 3.8) is 0 Å². The van der Waals surface area contributed by atoms with Gasteiger partial charge in [0.1, 0.15) is 6.04 Å². The van der Waals surface area contributed by atoms with E-state index in [4.69, 9.17) is 17.3 Å². The minimum absolute atomic E-state index is 0.150. The summed E-state index contributed by atoms with van der Waals surface area (Å²) in [6, 6.07) is 12.3. The molecule has 21 heavy (non-hydrogen) atoms. The molecule has 3 rings (SSSR count). The molecule has 5 heteroatoms. The number of carbonyl (C=O) groups is 1. The molecule has 0 saturated heterocycles.